The Kier molecular flexibility index (Phi) is 5.61. The van der Waals surface area contributed by atoms with Crippen LogP contribution < -0.4 is 10.1 Å². The van der Waals surface area contributed by atoms with Gasteiger partial charge in [0.25, 0.3) is 0 Å². The zero-order chi connectivity index (χ0) is 13.5. The molecule has 1 atom stereocenters. The van der Waals surface area contributed by atoms with Gasteiger partial charge in [-0.05, 0) is 31.4 Å². The van der Waals surface area contributed by atoms with Crippen LogP contribution in [0.4, 0.5) is 4.39 Å². The molecular formula is C15H22FNO2. The summed E-state index contributed by atoms with van der Waals surface area (Å²) in [4.78, 5) is 0. The van der Waals surface area contributed by atoms with Crippen LogP contribution in [0.3, 0.4) is 0 Å². The summed E-state index contributed by atoms with van der Waals surface area (Å²) in [6.45, 7) is 4.44. The van der Waals surface area contributed by atoms with Gasteiger partial charge >= 0.3 is 0 Å². The largest absolute Gasteiger partial charge is 0.486 e. The predicted molar refractivity (Wildman–Crippen MR) is 73.0 cm³/mol. The number of hydrogen-bond donors (Lipinski definition) is 1. The van der Waals surface area contributed by atoms with Gasteiger partial charge in [-0.2, -0.15) is 0 Å². The number of rotatable bonds is 6. The van der Waals surface area contributed by atoms with Gasteiger partial charge in [-0.3, -0.25) is 0 Å². The van der Waals surface area contributed by atoms with Crippen molar-refractivity contribution in [1.29, 1.82) is 0 Å². The Labute approximate surface area is 114 Å². The number of ether oxygens (including phenoxy) is 2. The van der Waals surface area contributed by atoms with E-state index in [1.54, 1.807) is 18.2 Å². The third-order valence-corrected chi connectivity index (χ3v) is 3.44. The monoisotopic (exact) mass is 267 g/mol. The lowest BCUT2D eigenvalue weighted by molar-refractivity contribution is 0.0735. The molecule has 0 radical (unpaired) electrons. The van der Waals surface area contributed by atoms with E-state index in [1.807, 2.05) is 0 Å². The minimum Gasteiger partial charge on any atom is -0.486 e. The van der Waals surface area contributed by atoms with Crippen molar-refractivity contribution >= 4 is 0 Å². The van der Waals surface area contributed by atoms with E-state index < -0.39 is 0 Å². The highest BCUT2D eigenvalue weighted by atomic mass is 19.1. The van der Waals surface area contributed by atoms with Crippen molar-refractivity contribution in [3.63, 3.8) is 0 Å². The average Bonchev–Trinajstić information content (AvgIpc) is 2.46. The molecule has 0 spiro atoms. The molecule has 0 saturated carbocycles. The van der Waals surface area contributed by atoms with E-state index in [0.29, 0.717) is 11.8 Å². The summed E-state index contributed by atoms with van der Waals surface area (Å²) in [7, 11) is 0. The molecule has 0 bridgehead atoms. The third kappa shape index (κ3) is 4.48. The normalized spacial score (nSPS) is 18.2. The van der Waals surface area contributed by atoms with Crippen LogP contribution >= 0.6 is 0 Å². The summed E-state index contributed by atoms with van der Waals surface area (Å²) < 4.78 is 24.6. The second-order valence-corrected chi connectivity index (χ2v) is 4.87. The lowest BCUT2D eigenvalue weighted by atomic mass is 10.1. The van der Waals surface area contributed by atoms with Crippen LogP contribution in [0.1, 0.15) is 26.2 Å². The SMILES string of the molecule is CC[C@H](CNC1CCOCC1)Oc1ccccc1F. The van der Waals surface area contributed by atoms with Crippen molar-refractivity contribution in [3.05, 3.63) is 30.1 Å². The molecule has 1 aromatic rings. The predicted octanol–water partition coefficient (Wildman–Crippen LogP) is 2.75. The highest BCUT2D eigenvalue weighted by Crippen LogP contribution is 2.18. The van der Waals surface area contributed by atoms with E-state index >= 15 is 0 Å². The first-order chi connectivity index (χ1) is 9.29. The van der Waals surface area contributed by atoms with Crippen LogP contribution in [0.15, 0.2) is 24.3 Å². The van der Waals surface area contributed by atoms with Gasteiger partial charge in [0.15, 0.2) is 11.6 Å². The first kappa shape index (κ1) is 14.3. The van der Waals surface area contributed by atoms with Crippen molar-refractivity contribution in [2.24, 2.45) is 0 Å². The van der Waals surface area contributed by atoms with Crippen molar-refractivity contribution in [2.75, 3.05) is 19.8 Å². The fraction of sp³-hybridized carbons (Fsp3) is 0.600. The van der Waals surface area contributed by atoms with Crippen molar-refractivity contribution in [3.8, 4) is 5.75 Å². The van der Waals surface area contributed by atoms with E-state index in [4.69, 9.17) is 9.47 Å². The maximum atomic E-state index is 13.5. The molecule has 1 aliphatic rings. The average molecular weight is 267 g/mol. The number of benzene rings is 1. The maximum absolute atomic E-state index is 13.5. The van der Waals surface area contributed by atoms with E-state index in [2.05, 4.69) is 12.2 Å². The molecule has 106 valence electrons. The Hall–Kier alpha value is -1.13. The summed E-state index contributed by atoms with van der Waals surface area (Å²) in [6, 6.07) is 7.05. The molecule has 0 unspecified atom stereocenters. The lowest BCUT2D eigenvalue weighted by Gasteiger charge is -2.26. The van der Waals surface area contributed by atoms with E-state index in [0.717, 1.165) is 39.0 Å². The fourth-order valence-electron chi connectivity index (χ4n) is 2.19. The van der Waals surface area contributed by atoms with E-state index in [-0.39, 0.29) is 11.9 Å². The molecule has 1 N–H and O–H groups in total. The molecular weight excluding hydrogens is 245 g/mol. The Bertz CT molecular complexity index is 380. The molecule has 1 saturated heterocycles. The summed E-state index contributed by atoms with van der Waals surface area (Å²) >= 11 is 0. The second-order valence-electron chi connectivity index (χ2n) is 4.87. The number of hydrogen-bond acceptors (Lipinski definition) is 3. The second kappa shape index (κ2) is 7.46. The summed E-state index contributed by atoms with van der Waals surface area (Å²) in [5.74, 6) is 0.0372. The molecule has 2 rings (SSSR count). The fourth-order valence-corrected chi connectivity index (χ4v) is 2.19. The molecule has 1 aromatic carbocycles. The van der Waals surface area contributed by atoms with Gasteiger partial charge in [0.1, 0.15) is 6.10 Å². The molecule has 1 fully saturated rings. The minimum atomic E-state index is -0.299. The standard InChI is InChI=1S/C15H22FNO2/c1-2-13(11-17-12-7-9-18-10-8-12)19-15-6-4-3-5-14(15)16/h3-6,12-13,17H,2,7-11H2,1H3/t13-/m1/s1. The van der Waals surface area contributed by atoms with Gasteiger partial charge in [-0.25, -0.2) is 4.39 Å². The van der Waals surface area contributed by atoms with Gasteiger partial charge in [-0.1, -0.05) is 19.1 Å². The molecule has 3 nitrogen and oxygen atoms in total. The van der Waals surface area contributed by atoms with Crippen LogP contribution in [0.5, 0.6) is 5.75 Å². The van der Waals surface area contributed by atoms with E-state index in [9.17, 15) is 4.39 Å². The van der Waals surface area contributed by atoms with Gasteiger partial charge in [0.2, 0.25) is 0 Å². The molecule has 0 aromatic heterocycles. The molecule has 1 heterocycles. The first-order valence-electron chi connectivity index (χ1n) is 7.02. The zero-order valence-electron chi connectivity index (χ0n) is 11.4. The first-order valence-corrected chi connectivity index (χ1v) is 7.02. The lowest BCUT2D eigenvalue weighted by Crippen LogP contribution is -2.40. The van der Waals surface area contributed by atoms with Gasteiger partial charge in [0, 0.05) is 25.8 Å². The summed E-state index contributed by atoms with van der Waals surface area (Å²) in [5, 5.41) is 3.48. The van der Waals surface area contributed by atoms with Crippen molar-refractivity contribution in [1.82, 2.24) is 5.32 Å². The molecule has 0 amide bonds. The topological polar surface area (TPSA) is 30.5 Å². The van der Waals surface area contributed by atoms with Crippen LogP contribution in [-0.4, -0.2) is 31.9 Å². The number of halogens is 1. The Balaban J connectivity index is 1.81. The Morgan fingerprint density at radius 1 is 1.37 bits per heavy atom. The van der Waals surface area contributed by atoms with E-state index in [1.165, 1.54) is 6.07 Å². The third-order valence-electron chi connectivity index (χ3n) is 3.44. The quantitative estimate of drug-likeness (QED) is 0.859. The number of para-hydroxylation sites is 1. The summed E-state index contributed by atoms with van der Waals surface area (Å²) in [6.07, 6.45) is 2.93. The highest BCUT2D eigenvalue weighted by molar-refractivity contribution is 5.23. The van der Waals surface area contributed by atoms with Crippen LogP contribution in [0.25, 0.3) is 0 Å². The van der Waals surface area contributed by atoms with Crippen LogP contribution in [0, 0.1) is 5.82 Å². The van der Waals surface area contributed by atoms with Gasteiger partial charge in [0.05, 0.1) is 0 Å². The van der Waals surface area contributed by atoms with Crippen LogP contribution in [0.2, 0.25) is 0 Å². The van der Waals surface area contributed by atoms with Gasteiger partial charge in [-0.15, -0.1) is 0 Å². The maximum Gasteiger partial charge on any atom is 0.165 e. The van der Waals surface area contributed by atoms with Crippen LogP contribution in [-0.2, 0) is 4.74 Å². The molecule has 0 aliphatic carbocycles. The Morgan fingerprint density at radius 3 is 2.79 bits per heavy atom. The van der Waals surface area contributed by atoms with Crippen molar-refractivity contribution < 1.29 is 13.9 Å². The van der Waals surface area contributed by atoms with Crippen molar-refractivity contribution in [2.45, 2.75) is 38.3 Å². The molecule has 19 heavy (non-hydrogen) atoms. The smallest absolute Gasteiger partial charge is 0.165 e. The zero-order valence-corrected chi connectivity index (χ0v) is 11.4. The highest BCUT2D eigenvalue weighted by Gasteiger charge is 2.16. The molecule has 4 heteroatoms. The number of nitrogens with one attached hydrogen (secondary N) is 1. The minimum absolute atomic E-state index is 0.000236. The molecule has 1 aliphatic heterocycles. The Morgan fingerprint density at radius 2 is 2.11 bits per heavy atom. The summed E-state index contributed by atoms with van der Waals surface area (Å²) in [5.41, 5.74) is 0. The van der Waals surface area contributed by atoms with Gasteiger partial charge < -0.3 is 14.8 Å².